The van der Waals surface area contributed by atoms with Gasteiger partial charge in [0.2, 0.25) is 0 Å². The highest BCUT2D eigenvalue weighted by Gasteiger charge is 2.18. The predicted molar refractivity (Wildman–Crippen MR) is 99.3 cm³/mol. The fraction of sp³-hybridized carbons (Fsp3) is 0.722. The van der Waals surface area contributed by atoms with Crippen LogP contribution in [0.1, 0.15) is 25.3 Å². The van der Waals surface area contributed by atoms with Crippen LogP contribution in [0, 0.1) is 5.92 Å². The lowest BCUT2D eigenvalue weighted by atomic mass is 9.97. The molecule has 0 spiro atoms. The van der Waals surface area contributed by atoms with Crippen molar-refractivity contribution in [2.24, 2.45) is 18.0 Å². The van der Waals surface area contributed by atoms with E-state index in [1.54, 1.807) is 7.11 Å². The van der Waals surface area contributed by atoms with Crippen molar-refractivity contribution in [1.29, 1.82) is 0 Å². The summed E-state index contributed by atoms with van der Waals surface area (Å²) in [5.74, 6) is 1.65. The maximum Gasteiger partial charge on any atom is 0.191 e. The Balaban J connectivity index is 1.73. The highest BCUT2D eigenvalue weighted by molar-refractivity contribution is 5.79. The van der Waals surface area contributed by atoms with Gasteiger partial charge in [0.05, 0.1) is 13.2 Å². The number of aromatic nitrogens is 1. The lowest BCUT2D eigenvalue weighted by molar-refractivity contribution is 0.121. The van der Waals surface area contributed by atoms with E-state index in [1.807, 2.05) is 7.05 Å². The Morgan fingerprint density at radius 3 is 2.75 bits per heavy atom. The van der Waals surface area contributed by atoms with Gasteiger partial charge in [0.25, 0.3) is 0 Å². The fourth-order valence-corrected chi connectivity index (χ4v) is 3.04. The van der Waals surface area contributed by atoms with E-state index in [2.05, 4.69) is 45.5 Å². The molecular weight excluding hydrogens is 302 g/mol. The Labute approximate surface area is 146 Å². The molecule has 0 aromatic carbocycles. The fourth-order valence-electron chi connectivity index (χ4n) is 3.04. The van der Waals surface area contributed by atoms with Gasteiger partial charge in [-0.2, -0.15) is 0 Å². The van der Waals surface area contributed by atoms with Crippen molar-refractivity contribution in [3.63, 3.8) is 0 Å². The smallest absolute Gasteiger partial charge is 0.191 e. The summed E-state index contributed by atoms with van der Waals surface area (Å²) in [4.78, 5) is 7.19. The van der Waals surface area contributed by atoms with E-state index >= 15 is 0 Å². The molecule has 1 aromatic heterocycles. The topological polar surface area (TPSA) is 53.8 Å². The van der Waals surface area contributed by atoms with Crippen LogP contribution in [0.15, 0.2) is 23.5 Å². The molecule has 6 nitrogen and oxygen atoms in total. The summed E-state index contributed by atoms with van der Waals surface area (Å²) in [7, 11) is 3.81. The van der Waals surface area contributed by atoms with Gasteiger partial charge in [-0.05, 0) is 50.4 Å². The number of methoxy groups -OCH3 is 1. The number of nitrogens with one attached hydrogen (secondary N) is 2. The zero-order valence-electron chi connectivity index (χ0n) is 15.4. The Bertz CT molecular complexity index is 491. The van der Waals surface area contributed by atoms with Crippen LogP contribution in [0.5, 0.6) is 0 Å². The molecular formula is C18H33N5O. The van der Waals surface area contributed by atoms with E-state index in [1.165, 1.54) is 31.5 Å². The Morgan fingerprint density at radius 2 is 2.12 bits per heavy atom. The van der Waals surface area contributed by atoms with Gasteiger partial charge in [-0.1, -0.05) is 0 Å². The molecule has 1 aliphatic rings. The number of likely N-dealkylation sites (tertiary alicyclic amines) is 1. The van der Waals surface area contributed by atoms with Gasteiger partial charge in [-0.3, -0.25) is 0 Å². The van der Waals surface area contributed by atoms with Crippen LogP contribution in [-0.4, -0.2) is 61.9 Å². The molecule has 2 N–H and O–H groups in total. The van der Waals surface area contributed by atoms with Crippen molar-refractivity contribution in [3.8, 4) is 0 Å². The van der Waals surface area contributed by atoms with E-state index in [9.17, 15) is 0 Å². The van der Waals surface area contributed by atoms with Crippen molar-refractivity contribution >= 4 is 5.96 Å². The number of rotatable bonds is 8. The van der Waals surface area contributed by atoms with Crippen molar-refractivity contribution in [1.82, 2.24) is 20.1 Å². The second kappa shape index (κ2) is 10.4. The molecule has 1 aliphatic heterocycles. The van der Waals surface area contributed by atoms with E-state index in [0.29, 0.717) is 6.54 Å². The van der Waals surface area contributed by atoms with Crippen molar-refractivity contribution in [2.75, 3.05) is 46.4 Å². The first-order chi connectivity index (χ1) is 11.7. The van der Waals surface area contributed by atoms with Gasteiger partial charge in [-0.15, -0.1) is 0 Å². The number of nitrogens with zero attached hydrogens (tertiary/aromatic N) is 3. The second-order valence-electron chi connectivity index (χ2n) is 6.54. The number of ether oxygens (including phenoxy) is 1. The molecule has 2 heterocycles. The van der Waals surface area contributed by atoms with Crippen molar-refractivity contribution in [3.05, 3.63) is 24.0 Å². The van der Waals surface area contributed by atoms with Crippen LogP contribution < -0.4 is 10.6 Å². The third-order valence-electron chi connectivity index (χ3n) is 4.53. The average Bonchev–Trinajstić information content (AvgIpc) is 3.02. The van der Waals surface area contributed by atoms with Gasteiger partial charge in [-0.25, -0.2) is 4.99 Å². The summed E-state index contributed by atoms with van der Waals surface area (Å²) in [5.41, 5.74) is 1.24. The number of piperidine rings is 1. The number of aryl methyl sites for hydroxylation is 1. The van der Waals surface area contributed by atoms with Crippen LogP contribution in [0.25, 0.3) is 0 Å². The zero-order valence-corrected chi connectivity index (χ0v) is 15.4. The van der Waals surface area contributed by atoms with E-state index < -0.39 is 0 Å². The first-order valence-corrected chi connectivity index (χ1v) is 9.05. The Hall–Kier alpha value is -1.53. The van der Waals surface area contributed by atoms with E-state index in [4.69, 9.17) is 9.73 Å². The minimum absolute atomic E-state index is 0.714. The molecule has 0 atom stereocenters. The molecule has 24 heavy (non-hydrogen) atoms. The van der Waals surface area contributed by atoms with Crippen LogP contribution in [0.4, 0.5) is 0 Å². The quantitative estimate of drug-likeness (QED) is 0.558. The first-order valence-electron chi connectivity index (χ1n) is 9.05. The van der Waals surface area contributed by atoms with Crippen LogP contribution in [0.3, 0.4) is 0 Å². The third kappa shape index (κ3) is 6.53. The molecule has 1 fully saturated rings. The molecule has 0 saturated carbocycles. The monoisotopic (exact) mass is 335 g/mol. The maximum absolute atomic E-state index is 5.16. The van der Waals surface area contributed by atoms with Crippen LogP contribution in [-0.2, 0) is 18.3 Å². The zero-order chi connectivity index (χ0) is 17.2. The summed E-state index contributed by atoms with van der Waals surface area (Å²) in [5, 5.41) is 6.86. The Morgan fingerprint density at radius 1 is 1.33 bits per heavy atom. The number of aliphatic imine (C=N–C) groups is 1. The highest BCUT2D eigenvalue weighted by Crippen LogP contribution is 2.15. The van der Waals surface area contributed by atoms with Gasteiger partial charge in [0, 0.05) is 46.2 Å². The van der Waals surface area contributed by atoms with Gasteiger partial charge < -0.3 is 24.8 Å². The largest absolute Gasteiger partial charge is 0.383 e. The number of guanidine groups is 1. The molecule has 1 aromatic rings. The van der Waals surface area contributed by atoms with Crippen LogP contribution >= 0.6 is 0 Å². The van der Waals surface area contributed by atoms with Crippen molar-refractivity contribution < 1.29 is 4.74 Å². The average molecular weight is 335 g/mol. The maximum atomic E-state index is 5.16. The highest BCUT2D eigenvalue weighted by atomic mass is 16.5. The van der Waals surface area contributed by atoms with E-state index in [-0.39, 0.29) is 0 Å². The van der Waals surface area contributed by atoms with Gasteiger partial charge in [0.1, 0.15) is 0 Å². The molecule has 136 valence electrons. The number of hydrogen-bond donors (Lipinski definition) is 2. The summed E-state index contributed by atoms with van der Waals surface area (Å²) < 4.78 is 7.22. The summed E-state index contributed by atoms with van der Waals surface area (Å²) in [6, 6.07) is 2.11. The molecule has 0 radical (unpaired) electrons. The van der Waals surface area contributed by atoms with Gasteiger partial charge >= 0.3 is 0 Å². The molecule has 0 unspecified atom stereocenters. The van der Waals surface area contributed by atoms with Crippen LogP contribution in [0.2, 0.25) is 0 Å². The lowest BCUT2D eigenvalue weighted by Gasteiger charge is -2.32. The molecule has 1 saturated heterocycles. The standard InChI is InChI=1S/C18H33N5O/c1-4-19-18(21-14-17-5-8-22(2)15-17)20-13-16-6-9-23(10-7-16)11-12-24-3/h5,8,15-16H,4,6-7,9-14H2,1-3H3,(H2,19,20,21). The molecule has 0 amide bonds. The minimum atomic E-state index is 0.714. The SMILES string of the molecule is CCNC(=NCc1ccn(C)c1)NCC1CCN(CCOC)CC1. The number of hydrogen-bond acceptors (Lipinski definition) is 3. The van der Waals surface area contributed by atoms with Crippen molar-refractivity contribution in [2.45, 2.75) is 26.3 Å². The van der Waals surface area contributed by atoms with E-state index in [0.717, 1.165) is 38.1 Å². The third-order valence-corrected chi connectivity index (χ3v) is 4.53. The molecule has 0 aliphatic carbocycles. The van der Waals surface area contributed by atoms with Gasteiger partial charge in [0.15, 0.2) is 5.96 Å². The summed E-state index contributed by atoms with van der Waals surface area (Å²) in [6.45, 7) is 8.94. The lowest BCUT2D eigenvalue weighted by Crippen LogP contribution is -2.43. The minimum Gasteiger partial charge on any atom is -0.383 e. The summed E-state index contributed by atoms with van der Waals surface area (Å²) >= 11 is 0. The molecule has 2 rings (SSSR count). The normalized spacial score (nSPS) is 17.2. The molecule has 0 bridgehead atoms. The molecule has 6 heteroatoms. The summed E-state index contributed by atoms with van der Waals surface area (Å²) in [6.07, 6.45) is 6.66. The second-order valence-corrected chi connectivity index (χ2v) is 6.54. The predicted octanol–water partition coefficient (Wildman–Crippen LogP) is 1.44. The first kappa shape index (κ1) is 18.8. The Kier molecular flexibility index (Phi) is 8.12.